The normalized spacial score (nSPS) is 14.6. The number of aryl methyl sites for hydroxylation is 2. The summed E-state index contributed by atoms with van der Waals surface area (Å²) in [6, 6.07) is 3.83. The molecular weight excluding hydrogens is 357 g/mol. The number of halogens is 2. The second-order valence-corrected chi connectivity index (χ2v) is 6.52. The monoisotopic (exact) mass is 377 g/mol. The van der Waals surface area contributed by atoms with Crippen molar-refractivity contribution in [2.24, 2.45) is 0 Å². The summed E-state index contributed by atoms with van der Waals surface area (Å²) in [4.78, 5) is 21.0. The third-order valence-electron chi connectivity index (χ3n) is 4.51. The van der Waals surface area contributed by atoms with E-state index >= 15 is 0 Å². The van der Waals surface area contributed by atoms with E-state index in [1.54, 1.807) is 4.90 Å². The largest absolute Gasteiger partial charge is 0.336 e. The number of carbonyl (C=O) groups excluding carboxylic acids is 1. The first-order valence-electron chi connectivity index (χ1n) is 8.75. The molecule has 1 aliphatic rings. The zero-order valence-corrected chi connectivity index (χ0v) is 15.6. The van der Waals surface area contributed by atoms with Gasteiger partial charge in [0.2, 0.25) is 5.95 Å². The minimum atomic E-state index is -0.455. The van der Waals surface area contributed by atoms with Gasteiger partial charge in [0.1, 0.15) is 5.82 Å². The van der Waals surface area contributed by atoms with Gasteiger partial charge in [-0.25, -0.2) is 9.37 Å². The smallest absolute Gasteiger partial charge is 0.255 e. The van der Waals surface area contributed by atoms with Crippen molar-refractivity contribution < 1.29 is 9.18 Å². The van der Waals surface area contributed by atoms with Crippen LogP contribution in [0.25, 0.3) is 0 Å². The molecule has 0 radical (unpaired) electrons. The highest BCUT2D eigenvalue weighted by molar-refractivity contribution is 6.33. The van der Waals surface area contributed by atoms with E-state index in [4.69, 9.17) is 11.6 Å². The minimum Gasteiger partial charge on any atom is -0.336 e. The molecule has 0 atom stereocenters. The average molecular weight is 378 g/mol. The summed E-state index contributed by atoms with van der Waals surface area (Å²) in [6.45, 7) is 6.35. The van der Waals surface area contributed by atoms with Crippen LogP contribution in [0.4, 0.5) is 10.3 Å². The van der Waals surface area contributed by atoms with E-state index in [9.17, 15) is 9.18 Å². The summed E-state index contributed by atoms with van der Waals surface area (Å²) in [6.07, 6.45) is 1.62. The van der Waals surface area contributed by atoms with Crippen LogP contribution in [0.5, 0.6) is 0 Å². The lowest BCUT2D eigenvalue weighted by Gasteiger charge is -2.34. The zero-order valence-electron chi connectivity index (χ0n) is 14.9. The summed E-state index contributed by atoms with van der Waals surface area (Å²) in [5, 5.41) is 8.64. The van der Waals surface area contributed by atoms with E-state index < -0.39 is 5.82 Å². The molecule has 2 heterocycles. The Labute approximate surface area is 157 Å². The lowest BCUT2D eigenvalue weighted by Crippen LogP contribution is -2.49. The van der Waals surface area contributed by atoms with Gasteiger partial charge < -0.3 is 9.80 Å². The fourth-order valence-corrected chi connectivity index (χ4v) is 3.25. The van der Waals surface area contributed by atoms with Crippen molar-refractivity contribution in [3.05, 3.63) is 46.0 Å². The van der Waals surface area contributed by atoms with Crippen molar-refractivity contribution in [1.82, 2.24) is 20.1 Å². The highest BCUT2D eigenvalue weighted by atomic mass is 35.5. The molecule has 0 bridgehead atoms. The van der Waals surface area contributed by atoms with Gasteiger partial charge in [-0.3, -0.25) is 4.79 Å². The van der Waals surface area contributed by atoms with Gasteiger partial charge in [0.15, 0.2) is 0 Å². The Hall–Kier alpha value is -2.28. The van der Waals surface area contributed by atoms with E-state index in [-0.39, 0.29) is 10.9 Å². The van der Waals surface area contributed by atoms with Crippen LogP contribution in [0.1, 0.15) is 35.6 Å². The first-order valence-corrected chi connectivity index (χ1v) is 9.13. The number of amides is 1. The quantitative estimate of drug-likeness (QED) is 0.819. The van der Waals surface area contributed by atoms with Crippen molar-refractivity contribution in [3.8, 4) is 0 Å². The minimum absolute atomic E-state index is 0.132. The van der Waals surface area contributed by atoms with Crippen LogP contribution in [0.15, 0.2) is 18.2 Å². The lowest BCUT2D eigenvalue weighted by atomic mass is 10.1. The number of hydrogen-bond donors (Lipinski definition) is 0. The third kappa shape index (κ3) is 3.77. The maximum absolute atomic E-state index is 13.2. The van der Waals surface area contributed by atoms with Crippen molar-refractivity contribution in [1.29, 1.82) is 0 Å². The SMILES string of the molecule is CCc1nnc(N2CCN(C(=O)c3ccc(F)cc3Cl)CC2)nc1CC. The van der Waals surface area contributed by atoms with Gasteiger partial charge in [0, 0.05) is 26.2 Å². The van der Waals surface area contributed by atoms with Crippen LogP contribution >= 0.6 is 11.6 Å². The van der Waals surface area contributed by atoms with Gasteiger partial charge in [0.05, 0.1) is 22.0 Å². The van der Waals surface area contributed by atoms with Gasteiger partial charge in [-0.05, 0) is 31.0 Å². The molecule has 0 unspecified atom stereocenters. The van der Waals surface area contributed by atoms with E-state index in [1.807, 2.05) is 11.8 Å². The van der Waals surface area contributed by atoms with E-state index in [1.165, 1.54) is 12.1 Å². The van der Waals surface area contributed by atoms with Crippen LogP contribution in [0.2, 0.25) is 5.02 Å². The van der Waals surface area contributed by atoms with Crippen LogP contribution < -0.4 is 4.90 Å². The van der Waals surface area contributed by atoms with Crippen LogP contribution in [-0.2, 0) is 12.8 Å². The summed E-state index contributed by atoms with van der Waals surface area (Å²) in [5.41, 5.74) is 2.21. The average Bonchev–Trinajstić information content (AvgIpc) is 2.67. The first-order chi connectivity index (χ1) is 12.5. The fourth-order valence-electron chi connectivity index (χ4n) is 3.01. The molecule has 26 heavy (non-hydrogen) atoms. The molecule has 1 aromatic heterocycles. The first kappa shape index (κ1) is 18.5. The fraction of sp³-hybridized carbons (Fsp3) is 0.444. The zero-order chi connectivity index (χ0) is 18.7. The number of piperazine rings is 1. The second-order valence-electron chi connectivity index (χ2n) is 6.12. The maximum atomic E-state index is 13.2. The van der Waals surface area contributed by atoms with Gasteiger partial charge in [-0.15, -0.1) is 5.10 Å². The third-order valence-corrected chi connectivity index (χ3v) is 4.82. The van der Waals surface area contributed by atoms with Crippen LogP contribution in [-0.4, -0.2) is 52.2 Å². The molecule has 6 nitrogen and oxygen atoms in total. The van der Waals surface area contributed by atoms with Crippen molar-refractivity contribution >= 4 is 23.5 Å². The predicted octanol–water partition coefficient (Wildman–Crippen LogP) is 2.75. The van der Waals surface area contributed by atoms with Gasteiger partial charge in [-0.1, -0.05) is 25.4 Å². The molecular formula is C18H21ClFN5O. The molecule has 1 saturated heterocycles. The Kier molecular flexibility index (Phi) is 5.66. The molecule has 1 amide bonds. The van der Waals surface area contributed by atoms with Gasteiger partial charge in [-0.2, -0.15) is 5.10 Å². The van der Waals surface area contributed by atoms with Crippen LogP contribution in [0, 0.1) is 5.82 Å². The Balaban J connectivity index is 1.68. The topological polar surface area (TPSA) is 62.2 Å². The highest BCUT2D eigenvalue weighted by Crippen LogP contribution is 2.21. The Bertz CT molecular complexity index is 808. The van der Waals surface area contributed by atoms with Crippen molar-refractivity contribution in [2.45, 2.75) is 26.7 Å². The summed E-state index contributed by atoms with van der Waals surface area (Å²) >= 11 is 6.00. The summed E-state index contributed by atoms with van der Waals surface area (Å²) < 4.78 is 13.2. The molecule has 2 aromatic rings. The second kappa shape index (κ2) is 7.95. The van der Waals surface area contributed by atoms with E-state index in [0.717, 1.165) is 30.3 Å². The summed E-state index contributed by atoms with van der Waals surface area (Å²) in [5.74, 6) is -0.0430. The molecule has 0 saturated carbocycles. The number of anilines is 1. The number of aromatic nitrogens is 3. The predicted molar refractivity (Wildman–Crippen MR) is 98.1 cm³/mol. The number of benzene rings is 1. The number of nitrogens with zero attached hydrogens (tertiary/aromatic N) is 5. The number of hydrogen-bond acceptors (Lipinski definition) is 5. The van der Waals surface area contributed by atoms with Crippen molar-refractivity contribution in [3.63, 3.8) is 0 Å². The Morgan fingerprint density at radius 3 is 2.42 bits per heavy atom. The molecule has 1 fully saturated rings. The standard InChI is InChI=1S/C18H21ClFN5O/c1-3-15-16(4-2)22-23-18(21-15)25-9-7-24(8-10-25)17(26)13-6-5-12(20)11-14(13)19/h5-6,11H,3-4,7-10H2,1-2H3. The van der Waals surface area contributed by atoms with E-state index in [2.05, 4.69) is 22.1 Å². The van der Waals surface area contributed by atoms with Crippen molar-refractivity contribution in [2.75, 3.05) is 31.1 Å². The molecule has 1 aliphatic heterocycles. The Morgan fingerprint density at radius 1 is 1.12 bits per heavy atom. The Morgan fingerprint density at radius 2 is 1.81 bits per heavy atom. The van der Waals surface area contributed by atoms with Gasteiger partial charge in [0.25, 0.3) is 5.91 Å². The molecule has 138 valence electrons. The van der Waals surface area contributed by atoms with Gasteiger partial charge >= 0.3 is 0 Å². The highest BCUT2D eigenvalue weighted by Gasteiger charge is 2.25. The molecule has 8 heteroatoms. The number of carbonyl (C=O) groups is 1. The van der Waals surface area contributed by atoms with Crippen LogP contribution in [0.3, 0.4) is 0 Å². The molecule has 0 aliphatic carbocycles. The lowest BCUT2D eigenvalue weighted by molar-refractivity contribution is 0.0746. The number of rotatable bonds is 4. The maximum Gasteiger partial charge on any atom is 0.255 e. The molecule has 0 spiro atoms. The molecule has 1 aromatic carbocycles. The molecule has 0 N–H and O–H groups in total. The molecule has 3 rings (SSSR count). The summed E-state index contributed by atoms with van der Waals surface area (Å²) in [7, 11) is 0. The van der Waals surface area contributed by atoms with E-state index in [0.29, 0.717) is 37.7 Å².